The van der Waals surface area contributed by atoms with Gasteiger partial charge in [-0.05, 0) is 37.1 Å². The van der Waals surface area contributed by atoms with Gasteiger partial charge >= 0.3 is 0 Å². The van der Waals surface area contributed by atoms with Crippen LogP contribution >= 0.6 is 11.3 Å². The Labute approximate surface area is 185 Å². The lowest BCUT2D eigenvalue weighted by Crippen LogP contribution is -2.28. The predicted octanol–water partition coefficient (Wildman–Crippen LogP) is 4.40. The number of anilines is 3. The average molecular weight is 433 g/mol. The van der Waals surface area contributed by atoms with E-state index >= 15 is 0 Å². The number of nitrogens with one attached hydrogen (secondary N) is 1. The molecule has 5 rings (SSSR count). The van der Waals surface area contributed by atoms with Crippen LogP contribution in [0, 0.1) is 5.92 Å². The fraction of sp³-hybridized carbons (Fsp3) is 0.292. The topological polar surface area (TPSA) is 65.5 Å². The average Bonchev–Trinajstić information content (AvgIpc) is 3.56. The zero-order chi connectivity index (χ0) is 21.2. The fourth-order valence-electron chi connectivity index (χ4n) is 4.23. The summed E-state index contributed by atoms with van der Waals surface area (Å²) in [6.45, 7) is 2.57. The monoisotopic (exact) mass is 432 g/mol. The molecule has 2 aromatic carbocycles. The van der Waals surface area contributed by atoms with Crippen LogP contribution in [0.5, 0.6) is 0 Å². The fourth-order valence-corrected chi connectivity index (χ4v) is 4.95. The van der Waals surface area contributed by atoms with E-state index < -0.39 is 0 Å². The summed E-state index contributed by atoms with van der Waals surface area (Å²) in [5.41, 5.74) is 3.89. The van der Waals surface area contributed by atoms with Crippen molar-refractivity contribution >= 4 is 39.7 Å². The molecule has 31 heavy (non-hydrogen) atoms. The third kappa shape index (κ3) is 4.18. The molecule has 1 unspecified atom stereocenters. The minimum Gasteiger partial charge on any atom is -0.372 e. The molecule has 6 nitrogen and oxygen atoms in total. The first-order valence-corrected chi connectivity index (χ1v) is 11.5. The number of rotatable bonds is 5. The van der Waals surface area contributed by atoms with Crippen LogP contribution in [0.25, 0.3) is 11.3 Å². The van der Waals surface area contributed by atoms with Crippen LogP contribution in [0.1, 0.15) is 19.3 Å². The Balaban J connectivity index is 1.22. The zero-order valence-electron chi connectivity index (χ0n) is 17.2. The summed E-state index contributed by atoms with van der Waals surface area (Å²) >= 11 is 1.40. The summed E-state index contributed by atoms with van der Waals surface area (Å²) in [5.74, 6) is -0.550. The number of hydrogen-bond acceptors (Lipinski definition) is 5. The Kier molecular flexibility index (Phi) is 5.42. The molecule has 3 heterocycles. The molecule has 2 amide bonds. The number of carbonyl (C=O) groups excluding carboxylic acids is 2. The molecule has 2 fully saturated rings. The van der Waals surface area contributed by atoms with Gasteiger partial charge < -0.3 is 15.1 Å². The highest BCUT2D eigenvalue weighted by atomic mass is 32.1. The second-order valence-corrected chi connectivity index (χ2v) is 8.87. The maximum atomic E-state index is 12.8. The lowest BCUT2D eigenvalue weighted by Gasteiger charge is -2.20. The number of thiazole rings is 1. The summed E-state index contributed by atoms with van der Waals surface area (Å²) in [5, 5.41) is 5.39. The second kappa shape index (κ2) is 8.51. The van der Waals surface area contributed by atoms with E-state index in [1.165, 1.54) is 29.9 Å². The third-order valence-electron chi connectivity index (χ3n) is 5.93. The molecule has 2 aliphatic rings. The van der Waals surface area contributed by atoms with Crippen molar-refractivity contribution in [3.05, 3.63) is 60.0 Å². The van der Waals surface area contributed by atoms with Gasteiger partial charge in [-0.15, -0.1) is 11.3 Å². The number of nitrogens with zero attached hydrogens (tertiary/aromatic N) is 3. The molecule has 2 saturated heterocycles. The molecule has 158 valence electrons. The van der Waals surface area contributed by atoms with Crippen molar-refractivity contribution in [2.45, 2.75) is 19.3 Å². The van der Waals surface area contributed by atoms with Crippen LogP contribution in [-0.2, 0) is 9.59 Å². The van der Waals surface area contributed by atoms with Gasteiger partial charge in [0.25, 0.3) is 0 Å². The highest BCUT2D eigenvalue weighted by molar-refractivity contribution is 7.14. The second-order valence-electron chi connectivity index (χ2n) is 8.01. The number of hydrogen-bond donors (Lipinski definition) is 1. The van der Waals surface area contributed by atoms with Gasteiger partial charge in [-0.25, -0.2) is 4.98 Å². The molecule has 0 aliphatic carbocycles. The summed E-state index contributed by atoms with van der Waals surface area (Å²) in [4.78, 5) is 34.0. The molecule has 3 aromatic rings. The SMILES string of the molecule is O=C(Nc1nc(-c2ccccc2)cs1)C1CC(=O)N(c2ccc(N3CCCC3)cc2)C1. The van der Waals surface area contributed by atoms with Gasteiger partial charge in [-0.3, -0.25) is 9.59 Å². The van der Waals surface area contributed by atoms with E-state index in [2.05, 4.69) is 27.3 Å². The van der Waals surface area contributed by atoms with Gasteiger partial charge in [0.15, 0.2) is 5.13 Å². The first-order valence-electron chi connectivity index (χ1n) is 10.6. The van der Waals surface area contributed by atoms with Gasteiger partial charge in [0, 0.05) is 48.4 Å². The van der Waals surface area contributed by atoms with Crippen molar-refractivity contribution in [1.29, 1.82) is 0 Å². The van der Waals surface area contributed by atoms with Crippen molar-refractivity contribution in [2.24, 2.45) is 5.92 Å². The Morgan fingerprint density at radius 3 is 2.45 bits per heavy atom. The molecule has 0 saturated carbocycles. The van der Waals surface area contributed by atoms with Gasteiger partial charge in [0.05, 0.1) is 11.6 Å². The Bertz CT molecular complexity index is 1070. The number of aromatic nitrogens is 1. The summed E-state index contributed by atoms with van der Waals surface area (Å²) < 4.78 is 0. The first-order chi connectivity index (χ1) is 15.2. The van der Waals surface area contributed by atoms with Crippen molar-refractivity contribution in [3.63, 3.8) is 0 Å². The lowest BCUT2D eigenvalue weighted by atomic mass is 10.1. The standard InChI is InChI=1S/C24H24N4O2S/c29-22-14-18(15-28(22)20-10-8-19(9-11-20)27-12-4-5-13-27)23(30)26-24-25-21(16-31-24)17-6-2-1-3-7-17/h1-3,6-11,16,18H,4-5,12-15H2,(H,25,26,30). The van der Waals surface area contributed by atoms with Crippen LogP contribution in [0.4, 0.5) is 16.5 Å². The molecular weight excluding hydrogens is 408 g/mol. The van der Waals surface area contributed by atoms with Crippen LogP contribution in [-0.4, -0.2) is 36.4 Å². The Morgan fingerprint density at radius 1 is 1.00 bits per heavy atom. The summed E-state index contributed by atoms with van der Waals surface area (Å²) in [6.07, 6.45) is 2.68. The van der Waals surface area contributed by atoms with Crippen molar-refractivity contribution in [2.75, 3.05) is 34.8 Å². The van der Waals surface area contributed by atoms with Gasteiger partial charge in [-0.2, -0.15) is 0 Å². The van der Waals surface area contributed by atoms with E-state index in [1.807, 2.05) is 47.8 Å². The van der Waals surface area contributed by atoms with Crippen LogP contribution < -0.4 is 15.1 Å². The molecule has 1 aromatic heterocycles. The molecular formula is C24H24N4O2S. The summed E-state index contributed by atoms with van der Waals surface area (Å²) in [6, 6.07) is 18.0. The quantitative estimate of drug-likeness (QED) is 0.649. The van der Waals surface area contributed by atoms with Crippen molar-refractivity contribution < 1.29 is 9.59 Å². The zero-order valence-corrected chi connectivity index (χ0v) is 18.0. The predicted molar refractivity (Wildman–Crippen MR) is 125 cm³/mol. The number of benzene rings is 2. The van der Waals surface area contributed by atoms with Crippen molar-refractivity contribution in [3.8, 4) is 11.3 Å². The van der Waals surface area contributed by atoms with E-state index in [-0.39, 0.29) is 24.2 Å². The number of carbonyl (C=O) groups is 2. The minimum absolute atomic E-state index is 0.0156. The minimum atomic E-state index is -0.380. The van der Waals surface area contributed by atoms with E-state index in [0.717, 1.165) is 30.0 Å². The molecule has 1 N–H and O–H groups in total. The van der Waals surface area contributed by atoms with E-state index in [4.69, 9.17) is 0 Å². The van der Waals surface area contributed by atoms with E-state index in [0.29, 0.717) is 11.7 Å². The van der Waals surface area contributed by atoms with E-state index in [9.17, 15) is 9.59 Å². The highest BCUT2D eigenvalue weighted by Gasteiger charge is 2.35. The Hall–Kier alpha value is -3.19. The van der Waals surface area contributed by atoms with Crippen LogP contribution in [0.3, 0.4) is 0 Å². The normalized spacial score (nSPS) is 18.6. The highest BCUT2D eigenvalue weighted by Crippen LogP contribution is 2.30. The van der Waals surface area contributed by atoms with Gasteiger partial charge in [0.2, 0.25) is 11.8 Å². The van der Waals surface area contributed by atoms with E-state index in [1.54, 1.807) is 4.90 Å². The maximum Gasteiger partial charge on any atom is 0.231 e. The van der Waals surface area contributed by atoms with Gasteiger partial charge in [0.1, 0.15) is 0 Å². The first kappa shape index (κ1) is 19.8. The van der Waals surface area contributed by atoms with Crippen LogP contribution in [0.15, 0.2) is 60.0 Å². The molecule has 2 aliphatic heterocycles. The molecule has 0 radical (unpaired) electrons. The maximum absolute atomic E-state index is 12.8. The third-order valence-corrected chi connectivity index (χ3v) is 6.69. The molecule has 7 heteroatoms. The Morgan fingerprint density at radius 2 is 1.71 bits per heavy atom. The summed E-state index contributed by atoms with van der Waals surface area (Å²) in [7, 11) is 0. The lowest BCUT2D eigenvalue weighted by molar-refractivity contribution is -0.122. The molecule has 1 atom stereocenters. The van der Waals surface area contributed by atoms with Gasteiger partial charge in [-0.1, -0.05) is 30.3 Å². The molecule has 0 bridgehead atoms. The number of amides is 2. The molecule has 0 spiro atoms. The van der Waals surface area contributed by atoms with Crippen molar-refractivity contribution in [1.82, 2.24) is 4.98 Å². The smallest absolute Gasteiger partial charge is 0.231 e. The van der Waals surface area contributed by atoms with Crippen LogP contribution in [0.2, 0.25) is 0 Å². The largest absolute Gasteiger partial charge is 0.372 e.